The molecular weight excluding hydrogens is 443 g/mol. The molecule has 0 fully saturated rings. The maximum absolute atomic E-state index is 12.8. The third kappa shape index (κ3) is 4.19. The zero-order valence-electron chi connectivity index (χ0n) is 15.7. The molecule has 0 aliphatic rings. The highest BCUT2D eigenvalue weighted by atomic mass is 35.5. The maximum Gasteiger partial charge on any atom is 0.295 e. The molecule has 0 unspecified atom stereocenters. The molecule has 30 heavy (non-hydrogen) atoms. The van der Waals surface area contributed by atoms with Crippen LogP contribution in [-0.4, -0.2) is 20.7 Å². The van der Waals surface area contributed by atoms with E-state index in [0.29, 0.717) is 32.3 Å². The SMILES string of the molecule is Cc1cccc(-c2nc(C(=O)Nc3ccccc3Cl)nn2-c2ccc(Cl)c(Cl)c2)c1. The minimum atomic E-state index is -0.476. The fraction of sp³-hybridized carbons (Fsp3) is 0.0455. The minimum absolute atomic E-state index is 0.00232. The summed E-state index contributed by atoms with van der Waals surface area (Å²) in [6.07, 6.45) is 0. The van der Waals surface area contributed by atoms with Crippen LogP contribution in [-0.2, 0) is 0 Å². The first kappa shape index (κ1) is 20.4. The topological polar surface area (TPSA) is 59.8 Å². The van der Waals surface area contributed by atoms with E-state index >= 15 is 0 Å². The minimum Gasteiger partial charge on any atom is -0.318 e. The van der Waals surface area contributed by atoms with Crippen LogP contribution in [0, 0.1) is 6.92 Å². The van der Waals surface area contributed by atoms with Gasteiger partial charge in [-0.1, -0.05) is 70.7 Å². The molecule has 0 saturated heterocycles. The second-order valence-electron chi connectivity index (χ2n) is 6.57. The molecule has 4 aromatic rings. The van der Waals surface area contributed by atoms with E-state index in [1.807, 2.05) is 31.2 Å². The van der Waals surface area contributed by atoms with Gasteiger partial charge >= 0.3 is 0 Å². The van der Waals surface area contributed by atoms with Crippen molar-refractivity contribution in [2.24, 2.45) is 0 Å². The standard InChI is InChI=1S/C22H15Cl3N4O/c1-13-5-4-6-14(11-13)21-27-20(22(30)26-19-8-3-2-7-17(19)24)28-29(21)15-9-10-16(23)18(25)12-15/h2-12H,1H3,(H,26,30). The Balaban J connectivity index is 1.80. The Hall–Kier alpha value is -2.86. The zero-order chi connectivity index (χ0) is 21.3. The molecule has 150 valence electrons. The molecule has 0 saturated carbocycles. The number of benzene rings is 3. The van der Waals surface area contributed by atoms with Gasteiger partial charge in [0.2, 0.25) is 5.82 Å². The van der Waals surface area contributed by atoms with Crippen LogP contribution in [0.25, 0.3) is 17.1 Å². The van der Waals surface area contributed by atoms with Crippen molar-refractivity contribution in [1.29, 1.82) is 0 Å². The lowest BCUT2D eigenvalue weighted by molar-refractivity contribution is 0.101. The molecule has 0 radical (unpaired) electrons. The normalized spacial score (nSPS) is 10.8. The number of hydrogen-bond donors (Lipinski definition) is 1. The van der Waals surface area contributed by atoms with Crippen LogP contribution in [0.15, 0.2) is 66.7 Å². The quantitative estimate of drug-likeness (QED) is 0.383. The molecule has 0 bridgehead atoms. The van der Waals surface area contributed by atoms with Gasteiger partial charge in [0.25, 0.3) is 5.91 Å². The van der Waals surface area contributed by atoms with Crippen molar-refractivity contribution in [1.82, 2.24) is 14.8 Å². The van der Waals surface area contributed by atoms with Crippen LogP contribution in [0.2, 0.25) is 15.1 Å². The molecule has 3 aromatic carbocycles. The highest BCUT2D eigenvalue weighted by Gasteiger charge is 2.20. The molecule has 1 N–H and O–H groups in total. The van der Waals surface area contributed by atoms with Crippen LogP contribution in [0.4, 0.5) is 5.69 Å². The first-order valence-electron chi connectivity index (χ1n) is 8.98. The predicted octanol–water partition coefficient (Wildman–Crippen LogP) is 6.46. The fourth-order valence-electron chi connectivity index (χ4n) is 2.92. The number of carbonyl (C=O) groups is 1. The first-order chi connectivity index (χ1) is 14.4. The summed E-state index contributed by atoms with van der Waals surface area (Å²) in [5, 5.41) is 8.40. The monoisotopic (exact) mass is 456 g/mol. The summed E-state index contributed by atoms with van der Waals surface area (Å²) in [6, 6.07) is 19.8. The van der Waals surface area contributed by atoms with Crippen LogP contribution >= 0.6 is 34.8 Å². The van der Waals surface area contributed by atoms with Gasteiger partial charge in [0.05, 0.1) is 26.4 Å². The number of hydrogen-bond acceptors (Lipinski definition) is 3. The number of para-hydroxylation sites is 1. The Morgan fingerprint density at radius 2 is 1.70 bits per heavy atom. The van der Waals surface area contributed by atoms with Crippen LogP contribution in [0.5, 0.6) is 0 Å². The number of nitrogens with zero attached hydrogens (tertiary/aromatic N) is 3. The lowest BCUT2D eigenvalue weighted by atomic mass is 10.1. The molecule has 0 atom stereocenters. The van der Waals surface area contributed by atoms with E-state index in [0.717, 1.165) is 11.1 Å². The smallest absolute Gasteiger partial charge is 0.295 e. The third-order valence-corrected chi connectivity index (χ3v) is 5.42. The molecule has 5 nitrogen and oxygen atoms in total. The molecule has 1 amide bonds. The van der Waals surface area contributed by atoms with Crippen molar-refractivity contribution < 1.29 is 4.79 Å². The average Bonchev–Trinajstić information content (AvgIpc) is 3.17. The van der Waals surface area contributed by atoms with Gasteiger partial charge in [0.15, 0.2) is 5.82 Å². The van der Waals surface area contributed by atoms with Gasteiger partial charge in [-0.15, -0.1) is 5.10 Å². The molecule has 0 spiro atoms. The lowest BCUT2D eigenvalue weighted by Crippen LogP contribution is -2.14. The number of rotatable bonds is 4. The van der Waals surface area contributed by atoms with E-state index in [1.165, 1.54) is 0 Å². The summed E-state index contributed by atoms with van der Waals surface area (Å²) < 4.78 is 1.57. The average molecular weight is 458 g/mol. The number of anilines is 1. The molecular formula is C22H15Cl3N4O. The highest BCUT2D eigenvalue weighted by Crippen LogP contribution is 2.28. The van der Waals surface area contributed by atoms with E-state index in [4.69, 9.17) is 34.8 Å². The Bertz CT molecular complexity index is 1250. The van der Waals surface area contributed by atoms with Crippen LogP contribution in [0.1, 0.15) is 16.2 Å². The Labute approximate surface area is 188 Å². The van der Waals surface area contributed by atoms with Gasteiger partial charge in [-0.3, -0.25) is 4.79 Å². The number of aryl methyl sites for hydroxylation is 1. The molecule has 4 rings (SSSR count). The zero-order valence-corrected chi connectivity index (χ0v) is 18.0. The van der Waals surface area contributed by atoms with Gasteiger partial charge in [0, 0.05) is 5.56 Å². The van der Waals surface area contributed by atoms with Crippen LogP contribution < -0.4 is 5.32 Å². The van der Waals surface area contributed by atoms with Gasteiger partial charge in [-0.05, 0) is 43.3 Å². The molecule has 0 aliphatic heterocycles. The van der Waals surface area contributed by atoms with E-state index in [2.05, 4.69) is 15.4 Å². The van der Waals surface area contributed by atoms with Crippen molar-refractivity contribution in [3.05, 3.63) is 93.2 Å². The number of nitrogens with one attached hydrogen (secondary N) is 1. The number of halogens is 3. The van der Waals surface area contributed by atoms with Crippen molar-refractivity contribution in [3.63, 3.8) is 0 Å². The highest BCUT2D eigenvalue weighted by molar-refractivity contribution is 6.42. The third-order valence-electron chi connectivity index (χ3n) is 4.36. The van der Waals surface area contributed by atoms with E-state index in [1.54, 1.807) is 47.1 Å². The van der Waals surface area contributed by atoms with E-state index < -0.39 is 5.91 Å². The molecule has 0 aliphatic carbocycles. The largest absolute Gasteiger partial charge is 0.318 e. The van der Waals surface area contributed by atoms with Crippen molar-refractivity contribution >= 4 is 46.4 Å². The first-order valence-corrected chi connectivity index (χ1v) is 10.1. The summed E-state index contributed by atoms with van der Waals surface area (Å²) in [4.78, 5) is 17.3. The number of amides is 1. The van der Waals surface area contributed by atoms with Crippen molar-refractivity contribution in [2.75, 3.05) is 5.32 Å². The van der Waals surface area contributed by atoms with E-state index in [9.17, 15) is 4.79 Å². The number of carbonyl (C=O) groups excluding carboxylic acids is 1. The Kier molecular flexibility index (Phi) is 5.77. The second kappa shape index (κ2) is 8.48. The summed E-state index contributed by atoms with van der Waals surface area (Å²) in [6.45, 7) is 1.98. The van der Waals surface area contributed by atoms with Gasteiger partial charge < -0.3 is 5.32 Å². The van der Waals surface area contributed by atoms with Crippen molar-refractivity contribution in [2.45, 2.75) is 6.92 Å². The summed E-state index contributed by atoms with van der Waals surface area (Å²) >= 11 is 18.4. The molecule has 8 heteroatoms. The summed E-state index contributed by atoms with van der Waals surface area (Å²) in [5.74, 6) is 0.0229. The summed E-state index contributed by atoms with van der Waals surface area (Å²) in [7, 11) is 0. The van der Waals surface area contributed by atoms with Crippen molar-refractivity contribution in [3.8, 4) is 17.1 Å². The fourth-order valence-corrected chi connectivity index (χ4v) is 3.39. The Morgan fingerprint density at radius 3 is 2.43 bits per heavy atom. The summed E-state index contributed by atoms with van der Waals surface area (Å²) in [5.41, 5.74) is 2.97. The molecule has 1 heterocycles. The Morgan fingerprint density at radius 1 is 0.900 bits per heavy atom. The lowest BCUT2D eigenvalue weighted by Gasteiger charge is -2.07. The maximum atomic E-state index is 12.8. The van der Waals surface area contributed by atoms with Gasteiger partial charge in [-0.2, -0.15) is 0 Å². The van der Waals surface area contributed by atoms with Gasteiger partial charge in [-0.25, -0.2) is 9.67 Å². The van der Waals surface area contributed by atoms with E-state index in [-0.39, 0.29) is 5.82 Å². The van der Waals surface area contributed by atoms with Crippen LogP contribution in [0.3, 0.4) is 0 Å². The second-order valence-corrected chi connectivity index (χ2v) is 7.79. The predicted molar refractivity (Wildman–Crippen MR) is 121 cm³/mol. The number of aromatic nitrogens is 3. The van der Waals surface area contributed by atoms with Gasteiger partial charge in [0.1, 0.15) is 0 Å². The molecule has 1 aromatic heterocycles.